The summed E-state index contributed by atoms with van der Waals surface area (Å²) in [7, 11) is 0. The second-order valence-corrected chi connectivity index (χ2v) is 4.30. The first kappa shape index (κ1) is 10.7. The van der Waals surface area contributed by atoms with Crippen LogP contribution in [0.2, 0.25) is 5.02 Å². The average Bonchev–Trinajstić information content (AvgIpc) is 2.70. The van der Waals surface area contributed by atoms with Crippen LogP contribution in [-0.2, 0) is 6.54 Å². The molecule has 0 spiro atoms. The summed E-state index contributed by atoms with van der Waals surface area (Å²) in [4.78, 5) is 0. The van der Waals surface area contributed by atoms with Crippen LogP contribution in [0.3, 0.4) is 0 Å². The Labute approximate surface area is 100 Å². The van der Waals surface area contributed by atoms with Gasteiger partial charge in [0.25, 0.3) is 0 Å². The third-order valence-electron chi connectivity index (χ3n) is 1.96. The molecule has 0 aliphatic heterocycles. The molecule has 5 heteroatoms. The minimum atomic E-state index is 0.338. The molecule has 15 heavy (non-hydrogen) atoms. The molecule has 0 saturated heterocycles. The van der Waals surface area contributed by atoms with Crippen molar-refractivity contribution in [2.75, 3.05) is 0 Å². The predicted octanol–water partition coefficient (Wildman–Crippen LogP) is 3.22. The van der Waals surface area contributed by atoms with Crippen LogP contribution in [0.15, 0.2) is 33.3 Å². The van der Waals surface area contributed by atoms with Crippen LogP contribution in [-0.4, -0.2) is 5.16 Å². The number of benzene rings is 1. The van der Waals surface area contributed by atoms with Gasteiger partial charge < -0.3 is 10.3 Å². The van der Waals surface area contributed by atoms with E-state index in [1.165, 1.54) is 0 Å². The van der Waals surface area contributed by atoms with Crippen LogP contribution in [0.4, 0.5) is 0 Å². The van der Waals surface area contributed by atoms with E-state index in [1.807, 2.05) is 12.1 Å². The summed E-state index contributed by atoms with van der Waals surface area (Å²) < 4.78 is 5.94. The molecule has 1 heterocycles. The molecular weight excluding hydrogens is 279 g/mol. The second-order valence-electron chi connectivity index (χ2n) is 3.01. The van der Waals surface area contributed by atoms with Crippen LogP contribution in [0.25, 0.3) is 11.3 Å². The van der Waals surface area contributed by atoms with Crippen molar-refractivity contribution in [2.45, 2.75) is 6.54 Å². The van der Waals surface area contributed by atoms with Gasteiger partial charge in [-0.1, -0.05) is 32.7 Å². The van der Waals surface area contributed by atoms with Gasteiger partial charge in [0.2, 0.25) is 0 Å². The fourth-order valence-electron chi connectivity index (χ4n) is 1.23. The van der Waals surface area contributed by atoms with E-state index < -0.39 is 0 Å². The number of halogens is 2. The van der Waals surface area contributed by atoms with Crippen LogP contribution >= 0.6 is 27.5 Å². The van der Waals surface area contributed by atoms with Crippen LogP contribution in [0.5, 0.6) is 0 Å². The summed E-state index contributed by atoms with van der Waals surface area (Å²) in [6.07, 6.45) is 0. The van der Waals surface area contributed by atoms with Gasteiger partial charge in [-0.3, -0.25) is 0 Å². The standard InChI is InChI=1S/C10H8BrClN2O/c11-9-2-1-6(12)3-8(9)10-4-7(5-13)15-14-10/h1-4H,5,13H2. The lowest BCUT2D eigenvalue weighted by molar-refractivity contribution is 0.387. The Morgan fingerprint density at radius 2 is 2.20 bits per heavy atom. The number of nitrogens with two attached hydrogens (primary N) is 1. The Balaban J connectivity index is 2.48. The van der Waals surface area contributed by atoms with Crippen molar-refractivity contribution in [3.63, 3.8) is 0 Å². The molecular formula is C10H8BrClN2O. The molecule has 0 radical (unpaired) electrons. The van der Waals surface area contributed by atoms with Gasteiger partial charge in [-0.2, -0.15) is 0 Å². The van der Waals surface area contributed by atoms with Crippen molar-refractivity contribution in [3.05, 3.63) is 39.5 Å². The third-order valence-corrected chi connectivity index (χ3v) is 2.89. The maximum atomic E-state index is 5.90. The SMILES string of the molecule is NCc1cc(-c2cc(Cl)ccc2Br)no1. The molecule has 1 aromatic carbocycles. The van der Waals surface area contributed by atoms with Gasteiger partial charge in [-0.05, 0) is 18.2 Å². The zero-order chi connectivity index (χ0) is 10.8. The lowest BCUT2D eigenvalue weighted by Crippen LogP contribution is -1.92. The Kier molecular flexibility index (Phi) is 3.09. The molecule has 0 aliphatic rings. The highest BCUT2D eigenvalue weighted by Gasteiger charge is 2.09. The molecule has 0 unspecified atom stereocenters. The van der Waals surface area contributed by atoms with Gasteiger partial charge in [-0.25, -0.2) is 0 Å². The quantitative estimate of drug-likeness (QED) is 0.922. The zero-order valence-corrected chi connectivity index (χ0v) is 10.0. The van der Waals surface area contributed by atoms with Gasteiger partial charge in [-0.15, -0.1) is 0 Å². The topological polar surface area (TPSA) is 52.0 Å². The van der Waals surface area contributed by atoms with Crippen LogP contribution in [0.1, 0.15) is 5.76 Å². The van der Waals surface area contributed by atoms with Crippen molar-refractivity contribution < 1.29 is 4.52 Å². The predicted molar refractivity (Wildman–Crippen MR) is 62.5 cm³/mol. The van der Waals surface area contributed by atoms with Crippen LogP contribution in [0, 0.1) is 0 Å². The Hall–Kier alpha value is -0.840. The molecule has 0 aliphatic carbocycles. The van der Waals surface area contributed by atoms with Crippen molar-refractivity contribution >= 4 is 27.5 Å². The zero-order valence-electron chi connectivity index (χ0n) is 7.71. The monoisotopic (exact) mass is 286 g/mol. The normalized spacial score (nSPS) is 10.6. The highest BCUT2D eigenvalue weighted by atomic mass is 79.9. The van der Waals surface area contributed by atoms with Crippen molar-refractivity contribution in [1.29, 1.82) is 0 Å². The molecule has 0 atom stereocenters. The average molecular weight is 288 g/mol. The first-order valence-corrected chi connectivity index (χ1v) is 5.49. The third kappa shape index (κ3) is 2.22. The maximum Gasteiger partial charge on any atom is 0.150 e. The van der Waals surface area contributed by atoms with Crippen LogP contribution < -0.4 is 5.73 Å². The summed E-state index contributed by atoms with van der Waals surface area (Å²) >= 11 is 9.33. The summed E-state index contributed by atoms with van der Waals surface area (Å²) in [6.45, 7) is 0.338. The Morgan fingerprint density at radius 1 is 1.40 bits per heavy atom. The molecule has 0 saturated carbocycles. The second kappa shape index (κ2) is 4.35. The Morgan fingerprint density at radius 3 is 2.87 bits per heavy atom. The van der Waals surface area contributed by atoms with Crippen molar-refractivity contribution in [2.24, 2.45) is 5.73 Å². The van der Waals surface area contributed by atoms with Gasteiger partial charge >= 0.3 is 0 Å². The molecule has 2 rings (SSSR count). The Bertz CT molecular complexity index is 484. The highest BCUT2D eigenvalue weighted by Crippen LogP contribution is 2.30. The summed E-state index contributed by atoms with van der Waals surface area (Å²) in [6, 6.07) is 7.30. The fourth-order valence-corrected chi connectivity index (χ4v) is 1.85. The minimum absolute atomic E-state index is 0.338. The lowest BCUT2D eigenvalue weighted by Gasteiger charge is -1.99. The summed E-state index contributed by atoms with van der Waals surface area (Å²) in [5.74, 6) is 0.650. The van der Waals surface area contributed by atoms with Gasteiger partial charge in [0, 0.05) is 21.1 Å². The molecule has 0 amide bonds. The van der Waals surface area contributed by atoms with E-state index in [4.69, 9.17) is 21.9 Å². The van der Waals surface area contributed by atoms with E-state index in [-0.39, 0.29) is 0 Å². The van der Waals surface area contributed by atoms with Crippen molar-refractivity contribution in [3.8, 4) is 11.3 Å². The van der Waals surface area contributed by atoms with Gasteiger partial charge in [0.05, 0.1) is 6.54 Å². The van der Waals surface area contributed by atoms with Gasteiger partial charge in [0.15, 0.2) is 5.76 Å². The molecule has 0 fully saturated rings. The van der Waals surface area contributed by atoms with E-state index in [1.54, 1.807) is 12.1 Å². The molecule has 1 aromatic heterocycles. The largest absolute Gasteiger partial charge is 0.359 e. The first-order valence-electron chi connectivity index (χ1n) is 4.32. The number of aromatic nitrogens is 1. The molecule has 0 bridgehead atoms. The molecule has 78 valence electrons. The maximum absolute atomic E-state index is 5.90. The summed E-state index contributed by atoms with van der Waals surface area (Å²) in [5.41, 5.74) is 7.06. The molecule has 2 N–H and O–H groups in total. The highest BCUT2D eigenvalue weighted by molar-refractivity contribution is 9.10. The van der Waals surface area contributed by atoms with Gasteiger partial charge in [0.1, 0.15) is 5.69 Å². The summed E-state index contributed by atoms with van der Waals surface area (Å²) in [5, 5.41) is 4.57. The molecule has 3 nitrogen and oxygen atoms in total. The van der Waals surface area contributed by atoms with E-state index in [9.17, 15) is 0 Å². The number of hydrogen-bond donors (Lipinski definition) is 1. The number of hydrogen-bond acceptors (Lipinski definition) is 3. The van der Waals surface area contributed by atoms with E-state index in [0.717, 1.165) is 15.7 Å². The smallest absolute Gasteiger partial charge is 0.150 e. The number of nitrogens with zero attached hydrogens (tertiary/aromatic N) is 1. The van der Waals surface area contributed by atoms with E-state index in [0.29, 0.717) is 17.3 Å². The van der Waals surface area contributed by atoms with E-state index >= 15 is 0 Å². The molecule has 2 aromatic rings. The lowest BCUT2D eigenvalue weighted by atomic mass is 10.1. The fraction of sp³-hybridized carbons (Fsp3) is 0.100. The van der Waals surface area contributed by atoms with E-state index in [2.05, 4.69) is 21.1 Å². The van der Waals surface area contributed by atoms with Crippen molar-refractivity contribution in [1.82, 2.24) is 5.16 Å². The number of rotatable bonds is 2. The minimum Gasteiger partial charge on any atom is -0.359 e. The first-order chi connectivity index (χ1) is 7.20.